The molecule has 5 heteroatoms. The van der Waals surface area contributed by atoms with E-state index in [2.05, 4.69) is 0 Å². The molecule has 0 aromatic heterocycles. The van der Waals surface area contributed by atoms with Gasteiger partial charge in [0.25, 0.3) is 0 Å². The van der Waals surface area contributed by atoms with Gasteiger partial charge in [0.15, 0.2) is 0 Å². The first kappa shape index (κ1) is 12.9. The van der Waals surface area contributed by atoms with Crippen molar-refractivity contribution in [3.8, 4) is 0 Å². The minimum Gasteiger partial charge on any atom is -0.481 e. The minimum atomic E-state index is -0.892. The first-order chi connectivity index (χ1) is 6.61. The lowest BCUT2D eigenvalue weighted by molar-refractivity contribution is -0.138. The number of carboxylic acid groups (broad SMARTS) is 1. The summed E-state index contributed by atoms with van der Waals surface area (Å²) in [5.74, 6) is -0.931. The number of nitrogens with zero attached hydrogens (tertiary/aromatic N) is 1. The van der Waals surface area contributed by atoms with E-state index in [0.29, 0.717) is 19.6 Å². The number of amides is 1. The van der Waals surface area contributed by atoms with Crippen LogP contribution < -0.4 is 0 Å². The zero-order valence-corrected chi connectivity index (χ0v) is 8.65. The Morgan fingerprint density at radius 3 is 2.43 bits per heavy atom. The van der Waals surface area contributed by atoms with Gasteiger partial charge < -0.3 is 14.7 Å². The Kier molecular flexibility index (Phi) is 6.74. The molecule has 0 atom stereocenters. The van der Waals surface area contributed by atoms with Crippen LogP contribution in [-0.2, 0) is 14.3 Å². The van der Waals surface area contributed by atoms with Crippen molar-refractivity contribution in [2.75, 3.05) is 26.8 Å². The minimum absolute atomic E-state index is 0.0184. The van der Waals surface area contributed by atoms with E-state index in [9.17, 15) is 9.59 Å². The van der Waals surface area contributed by atoms with Crippen LogP contribution >= 0.6 is 0 Å². The van der Waals surface area contributed by atoms with Crippen molar-refractivity contribution in [2.24, 2.45) is 0 Å². The molecular formula is C9H17NO4. The quantitative estimate of drug-likeness (QED) is 0.648. The zero-order valence-electron chi connectivity index (χ0n) is 8.65. The maximum absolute atomic E-state index is 11.3. The Labute approximate surface area is 83.6 Å². The van der Waals surface area contributed by atoms with Gasteiger partial charge in [0.05, 0.1) is 13.0 Å². The molecule has 1 N–H and O–H groups in total. The van der Waals surface area contributed by atoms with Crippen molar-refractivity contribution in [1.29, 1.82) is 0 Å². The van der Waals surface area contributed by atoms with Gasteiger partial charge in [-0.15, -0.1) is 0 Å². The van der Waals surface area contributed by atoms with Crippen LogP contribution in [0.15, 0.2) is 0 Å². The van der Waals surface area contributed by atoms with Crippen LogP contribution in [0.4, 0.5) is 0 Å². The van der Waals surface area contributed by atoms with Gasteiger partial charge in [-0.3, -0.25) is 9.59 Å². The normalized spacial score (nSPS) is 9.86. The van der Waals surface area contributed by atoms with Crippen LogP contribution in [-0.4, -0.2) is 48.7 Å². The van der Waals surface area contributed by atoms with E-state index >= 15 is 0 Å². The first-order valence-corrected chi connectivity index (χ1v) is 4.60. The average Bonchev–Trinajstić information content (AvgIpc) is 2.16. The lowest BCUT2D eigenvalue weighted by atomic mass is 10.3. The van der Waals surface area contributed by atoms with E-state index in [-0.39, 0.29) is 18.9 Å². The highest BCUT2D eigenvalue weighted by molar-refractivity contribution is 5.76. The highest BCUT2D eigenvalue weighted by Crippen LogP contribution is 1.96. The molecule has 1 amide bonds. The van der Waals surface area contributed by atoms with E-state index in [1.807, 2.05) is 0 Å². The smallest absolute Gasteiger partial charge is 0.305 e. The van der Waals surface area contributed by atoms with Gasteiger partial charge in [-0.05, 0) is 0 Å². The number of aliphatic carboxylic acids is 1. The van der Waals surface area contributed by atoms with Crippen molar-refractivity contribution in [2.45, 2.75) is 19.8 Å². The largest absolute Gasteiger partial charge is 0.481 e. The van der Waals surface area contributed by atoms with Crippen molar-refractivity contribution >= 4 is 11.9 Å². The average molecular weight is 203 g/mol. The molecule has 0 rings (SSSR count). The van der Waals surface area contributed by atoms with Crippen LogP contribution in [0.2, 0.25) is 0 Å². The molecule has 14 heavy (non-hydrogen) atoms. The fraction of sp³-hybridized carbons (Fsp3) is 0.778. The number of hydrogen-bond acceptors (Lipinski definition) is 3. The van der Waals surface area contributed by atoms with Crippen LogP contribution in [0.5, 0.6) is 0 Å². The predicted octanol–water partition coefficient (Wildman–Crippen LogP) is 0.346. The summed E-state index contributed by atoms with van der Waals surface area (Å²) in [6, 6.07) is 0. The number of hydrogen-bond donors (Lipinski definition) is 1. The van der Waals surface area contributed by atoms with Gasteiger partial charge in [-0.2, -0.15) is 0 Å². The summed E-state index contributed by atoms with van der Waals surface area (Å²) in [5.41, 5.74) is 0. The van der Waals surface area contributed by atoms with Crippen LogP contribution in [0.25, 0.3) is 0 Å². The maximum atomic E-state index is 11.3. The summed E-state index contributed by atoms with van der Waals surface area (Å²) in [4.78, 5) is 23.1. The summed E-state index contributed by atoms with van der Waals surface area (Å²) in [6.45, 7) is 2.90. The number of carbonyl (C=O) groups excluding carboxylic acids is 1. The van der Waals surface area contributed by atoms with Crippen LogP contribution in [0.1, 0.15) is 19.8 Å². The molecule has 0 heterocycles. The predicted molar refractivity (Wildman–Crippen MR) is 51.0 cm³/mol. The van der Waals surface area contributed by atoms with Crippen LogP contribution in [0, 0.1) is 0 Å². The number of rotatable bonds is 7. The van der Waals surface area contributed by atoms with Crippen LogP contribution in [0.3, 0.4) is 0 Å². The second kappa shape index (κ2) is 7.32. The lowest BCUT2D eigenvalue weighted by Gasteiger charge is -2.20. The van der Waals surface area contributed by atoms with Gasteiger partial charge in [-0.1, -0.05) is 6.92 Å². The summed E-state index contributed by atoms with van der Waals surface area (Å²) in [5, 5.41) is 8.47. The lowest BCUT2D eigenvalue weighted by Crippen LogP contribution is -2.35. The summed E-state index contributed by atoms with van der Waals surface area (Å²) < 4.78 is 4.83. The number of carboxylic acids is 1. The second-order valence-electron chi connectivity index (χ2n) is 2.87. The van der Waals surface area contributed by atoms with Gasteiger partial charge in [0.1, 0.15) is 0 Å². The van der Waals surface area contributed by atoms with Crippen molar-refractivity contribution in [3.63, 3.8) is 0 Å². The fourth-order valence-corrected chi connectivity index (χ4v) is 1.02. The van der Waals surface area contributed by atoms with E-state index in [4.69, 9.17) is 9.84 Å². The SMILES string of the molecule is CCC(=O)N(CCOC)CCC(=O)O. The maximum Gasteiger partial charge on any atom is 0.305 e. The van der Waals surface area contributed by atoms with Crippen molar-refractivity contribution in [1.82, 2.24) is 4.90 Å². The molecule has 0 spiro atoms. The summed E-state index contributed by atoms with van der Waals surface area (Å²) in [6.07, 6.45) is 0.374. The third-order valence-electron chi connectivity index (χ3n) is 1.82. The molecule has 0 bridgehead atoms. The van der Waals surface area contributed by atoms with Crippen molar-refractivity contribution < 1.29 is 19.4 Å². The Bertz CT molecular complexity index is 193. The van der Waals surface area contributed by atoms with E-state index < -0.39 is 5.97 Å². The Hall–Kier alpha value is -1.10. The Morgan fingerprint density at radius 1 is 1.36 bits per heavy atom. The molecule has 5 nitrogen and oxygen atoms in total. The number of carbonyl (C=O) groups is 2. The van der Waals surface area contributed by atoms with E-state index in [1.54, 1.807) is 14.0 Å². The monoisotopic (exact) mass is 203 g/mol. The van der Waals surface area contributed by atoms with E-state index in [0.717, 1.165) is 0 Å². The summed E-state index contributed by atoms with van der Waals surface area (Å²) in [7, 11) is 1.55. The molecule has 0 fully saturated rings. The molecule has 0 aliphatic heterocycles. The fourth-order valence-electron chi connectivity index (χ4n) is 1.02. The molecule has 0 aliphatic rings. The Morgan fingerprint density at radius 2 is 2.00 bits per heavy atom. The molecule has 0 unspecified atom stereocenters. The Balaban J connectivity index is 3.96. The molecule has 82 valence electrons. The molecule has 0 saturated heterocycles. The zero-order chi connectivity index (χ0) is 11.0. The van der Waals surface area contributed by atoms with E-state index in [1.165, 1.54) is 4.90 Å². The topological polar surface area (TPSA) is 66.8 Å². The van der Waals surface area contributed by atoms with Gasteiger partial charge >= 0.3 is 5.97 Å². The van der Waals surface area contributed by atoms with Gasteiger partial charge in [0, 0.05) is 26.6 Å². The summed E-state index contributed by atoms with van der Waals surface area (Å²) >= 11 is 0. The highest BCUT2D eigenvalue weighted by Gasteiger charge is 2.12. The third kappa shape index (κ3) is 5.53. The number of ether oxygens (including phenoxy) is 1. The number of methoxy groups -OCH3 is 1. The standard InChI is InChI=1S/C9H17NO4/c1-3-8(11)10(6-7-14-2)5-4-9(12)13/h3-7H2,1-2H3,(H,12,13). The molecule has 0 aromatic carbocycles. The highest BCUT2D eigenvalue weighted by atomic mass is 16.5. The molecule has 0 saturated carbocycles. The molecule has 0 radical (unpaired) electrons. The first-order valence-electron chi connectivity index (χ1n) is 4.60. The van der Waals surface area contributed by atoms with Gasteiger partial charge in [0.2, 0.25) is 5.91 Å². The molecular weight excluding hydrogens is 186 g/mol. The van der Waals surface area contributed by atoms with Gasteiger partial charge in [-0.25, -0.2) is 0 Å². The van der Waals surface area contributed by atoms with Crippen molar-refractivity contribution in [3.05, 3.63) is 0 Å². The molecule has 0 aliphatic carbocycles. The molecule has 0 aromatic rings. The second-order valence-corrected chi connectivity index (χ2v) is 2.87. The third-order valence-corrected chi connectivity index (χ3v) is 1.82.